The molecule has 1 aromatic heterocycles. The number of hydrogen-bond acceptors (Lipinski definition) is 5. The van der Waals surface area contributed by atoms with Crippen LogP contribution in [0.5, 0.6) is 0 Å². The average Bonchev–Trinajstić information content (AvgIpc) is 3.08. The van der Waals surface area contributed by atoms with Crippen molar-refractivity contribution in [2.24, 2.45) is 17.6 Å². The number of aromatic nitrogens is 1. The van der Waals surface area contributed by atoms with E-state index < -0.39 is 12.1 Å². The molecule has 1 aromatic rings. The second kappa shape index (κ2) is 9.49. The van der Waals surface area contributed by atoms with E-state index in [0.717, 1.165) is 6.42 Å². The van der Waals surface area contributed by atoms with Crippen LogP contribution in [0.4, 0.5) is 0 Å². The van der Waals surface area contributed by atoms with E-state index in [1.54, 1.807) is 6.20 Å². The summed E-state index contributed by atoms with van der Waals surface area (Å²) >= 11 is 1.42. The number of rotatable bonds is 8. The van der Waals surface area contributed by atoms with Gasteiger partial charge in [0.05, 0.1) is 12.1 Å². The molecule has 4 N–H and O–H groups in total. The quantitative estimate of drug-likeness (QED) is 0.670. The van der Waals surface area contributed by atoms with Gasteiger partial charge in [0.1, 0.15) is 11.1 Å². The van der Waals surface area contributed by atoms with Crippen molar-refractivity contribution < 1.29 is 9.90 Å². The minimum atomic E-state index is -0.762. The van der Waals surface area contributed by atoms with Crippen molar-refractivity contribution in [3.8, 4) is 0 Å². The van der Waals surface area contributed by atoms with Crippen LogP contribution < -0.4 is 11.1 Å². The molecule has 2 unspecified atom stereocenters. The summed E-state index contributed by atoms with van der Waals surface area (Å²) in [5.41, 5.74) is 6.01. The highest BCUT2D eigenvalue weighted by atomic mass is 32.1. The summed E-state index contributed by atoms with van der Waals surface area (Å²) in [7, 11) is 0. The van der Waals surface area contributed by atoms with Crippen molar-refractivity contribution in [1.29, 1.82) is 0 Å². The lowest BCUT2D eigenvalue weighted by Crippen LogP contribution is -2.48. The topological polar surface area (TPSA) is 88.2 Å². The first-order valence-electron chi connectivity index (χ1n) is 9.10. The van der Waals surface area contributed by atoms with Crippen LogP contribution in [0.15, 0.2) is 11.6 Å². The van der Waals surface area contributed by atoms with Crippen LogP contribution in [-0.2, 0) is 4.79 Å². The van der Waals surface area contributed by atoms with Crippen LogP contribution >= 0.6 is 11.3 Å². The molecule has 1 fully saturated rings. The van der Waals surface area contributed by atoms with Gasteiger partial charge in [-0.2, -0.15) is 0 Å². The van der Waals surface area contributed by atoms with Crippen LogP contribution in [-0.4, -0.2) is 28.1 Å². The van der Waals surface area contributed by atoms with Crippen molar-refractivity contribution in [2.75, 3.05) is 0 Å². The fourth-order valence-electron chi connectivity index (χ4n) is 3.51. The molecular formula is C18H31N3O2S. The Morgan fingerprint density at radius 3 is 2.71 bits per heavy atom. The number of nitrogens with one attached hydrogen (secondary N) is 1. The maximum absolute atomic E-state index is 12.4. The average molecular weight is 354 g/mol. The van der Waals surface area contributed by atoms with Crippen molar-refractivity contribution in [3.63, 3.8) is 0 Å². The number of aliphatic hydroxyl groups excluding tert-OH is 1. The number of carbonyl (C=O) groups excluding carboxylic acids is 1. The van der Waals surface area contributed by atoms with E-state index in [9.17, 15) is 9.90 Å². The van der Waals surface area contributed by atoms with E-state index in [2.05, 4.69) is 24.1 Å². The van der Waals surface area contributed by atoms with Crippen LogP contribution in [0.3, 0.4) is 0 Å². The second-order valence-corrected chi connectivity index (χ2v) is 8.33. The minimum Gasteiger partial charge on any atom is -0.384 e. The van der Waals surface area contributed by atoms with Crippen molar-refractivity contribution >= 4 is 17.2 Å². The standard InChI is InChI=1S/C18H31N3O2S/c1-12(2)10-14(19)17(23)21-15(11-13-6-4-3-5-7-13)16(22)18-20-8-9-24-18/h8-9,12-16,22H,3-7,10-11,19H2,1-2H3,(H,21,23)/t14-,15?,16?/m0/s1. The molecule has 0 saturated heterocycles. The molecule has 1 heterocycles. The Labute approximate surface area is 149 Å². The molecule has 6 heteroatoms. The lowest BCUT2D eigenvalue weighted by Gasteiger charge is -2.30. The number of hydrogen-bond donors (Lipinski definition) is 3. The van der Waals surface area contributed by atoms with Gasteiger partial charge in [0.15, 0.2) is 0 Å². The van der Waals surface area contributed by atoms with Gasteiger partial charge in [0.2, 0.25) is 5.91 Å². The lowest BCUT2D eigenvalue weighted by molar-refractivity contribution is -0.124. The summed E-state index contributed by atoms with van der Waals surface area (Å²) in [5.74, 6) is 0.756. The van der Waals surface area contributed by atoms with Gasteiger partial charge in [-0.1, -0.05) is 46.0 Å². The maximum atomic E-state index is 12.4. The highest BCUT2D eigenvalue weighted by Gasteiger charge is 2.29. The zero-order valence-corrected chi connectivity index (χ0v) is 15.6. The fourth-order valence-corrected chi connectivity index (χ4v) is 4.19. The van der Waals surface area contributed by atoms with Crippen LogP contribution in [0, 0.1) is 11.8 Å². The summed E-state index contributed by atoms with van der Waals surface area (Å²) in [5, 5.41) is 16.2. The Kier molecular flexibility index (Phi) is 7.65. The Bertz CT molecular complexity index is 486. The lowest BCUT2D eigenvalue weighted by atomic mass is 9.83. The summed E-state index contributed by atoms with van der Waals surface area (Å²) in [6, 6.07) is -0.840. The van der Waals surface area contributed by atoms with Crippen molar-refractivity contribution in [1.82, 2.24) is 10.3 Å². The highest BCUT2D eigenvalue weighted by Crippen LogP contribution is 2.31. The summed E-state index contributed by atoms with van der Waals surface area (Å²) in [4.78, 5) is 16.7. The van der Waals surface area contributed by atoms with E-state index in [0.29, 0.717) is 23.3 Å². The molecule has 1 aliphatic rings. The summed E-state index contributed by atoms with van der Waals surface area (Å²) < 4.78 is 0. The Morgan fingerprint density at radius 1 is 1.42 bits per heavy atom. The normalized spacial score (nSPS) is 19.9. The molecule has 1 amide bonds. The Balaban J connectivity index is 2.02. The smallest absolute Gasteiger partial charge is 0.237 e. The molecule has 5 nitrogen and oxygen atoms in total. The number of aliphatic hydroxyl groups is 1. The molecular weight excluding hydrogens is 322 g/mol. The summed E-state index contributed by atoms with van der Waals surface area (Å²) in [6.45, 7) is 4.11. The highest BCUT2D eigenvalue weighted by molar-refractivity contribution is 7.09. The molecule has 1 saturated carbocycles. The molecule has 136 valence electrons. The molecule has 1 aliphatic carbocycles. The van der Waals surface area contributed by atoms with Gasteiger partial charge in [-0.3, -0.25) is 4.79 Å². The van der Waals surface area contributed by atoms with Crippen molar-refractivity contribution in [2.45, 2.75) is 77.0 Å². The van der Waals surface area contributed by atoms with Crippen LogP contribution in [0.2, 0.25) is 0 Å². The van der Waals surface area contributed by atoms with Gasteiger partial charge in [-0.25, -0.2) is 4.98 Å². The third-order valence-electron chi connectivity index (χ3n) is 4.79. The largest absolute Gasteiger partial charge is 0.384 e. The van der Waals surface area contributed by atoms with Crippen LogP contribution in [0.25, 0.3) is 0 Å². The molecule has 0 bridgehead atoms. The molecule has 0 aliphatic heterocycles. The minimum absolute atomic E-state index is 0.167. The zero-order chi connectivity index (χ0) is 17.5. The number of amides is 1. The molecule has 0 aromatic carbocycles. The number of nitrogens with zero attached hydrogens (tertiary/aromatic N) is 1. The first-order valence-corrected chi connectivity index (χ1v) is 9.98. The maximum Gasteiger partial charge on any atom is 0.237 e. The van der Waals surface area contributed by atoms with Crippen molar-refractivity contribution in [3.05, 3.63) is 16.6 Å². The molecule has 0 radical (unpaired) electrons. The Morgan fingerprint density at radius 2 is 2.12 bits per heavy atom. The van der Waals surface area contributed by atoms with E-state index in [4.69, 9.17) is 5.73 Å². The number of nitrogens with two attached hydrogens (primary N) is 1. The third-order valence-corrected chi connectivity index (χ3v) is 5.63. The van der Waals surface area contributed by atoms with Crippen LogP contribution in [0.1, 0.15) is 69.9 Å². The number of thiazole rings is 1. The molecule has 3 atom stereocenters. The third kappa shape index (κ3) is 5.83. The predicted molar refractivity (Wildman–Crippen MR) is 97.6 cm³/mol. The first-order chi connectivity index (χ1) is 11.5. The summed E-state index contributed by atoms with van der Waals surface area (Å²) in [6.07, 6.45) is 8.49. The Hall–Kier alpha value is -0.980. The van der Waals surface area contributed by atoms with E-state index in [1.807, 2.05) is 5.38 Å². The van der Waals surface area contributed by atoms with E-state index in [-0.39, 0.29) is 11.9 Å². The zero-order valence-electron chi connectivity index (χ0n) is 14.8. The molecule has 0 spiro atoms. The fraction of sp³-hybridized carbons (Fsp3) is 0.778. The first kappa shape index (κ1) is 19.3. The molecule has 24 heavy (non-hydrogen) atoms. The van der Waals surface area contributed by atoms with Gasteiger partial charge >= 0.3 is 0 Å². The number of carbonyl (C=O) groups is 1. The second-order valence-electron chi connectivity index (χ2n) is 7.41. The van der Waals surface area contributed by atoms with Gasteiger partial charge in [-0.05, 0) is 24.7 Å². The monoisotopic (exact) mass is 353 g/mol. The van der Waals surface area contributed by atoms with Gasteiger partial charge in [0, 0.05) is 11.6 Å². The van der Waals surface area contributed by atoms with E-state index in [1.165, 1.54) is 43.4 Å². The van der Waals surface area contributed by atoms with E-state index >= 15 is 0 Å². The predicted octanol–water partition coefficient (Wildman–Crippen LogP) is 3.01. The molecule has 2 rings (SSSR count). The van der Waals surface area contributed by atoms with Gasteiger partial charge in [-0.15, -0.1) is 11.3 Å². The van der Waals surface area contributed by atoms with Gasteiger partial charge in [0.25, 0.3) is 0 Å². The SMILES string of the molecule is CC(C)C[C@H](N)C(=O)NC(CC1CCCCC1)C(O)c1nccs1. The van der Waals surface area contributed by atoms with Gasteiger partial charge < -0.3 is 16.2 Å².